The Labute approximate surface area is 186 Å². The van der Waals surface area contributed by atoms with E-state index in [9.17, 15) is 19.7 Å². The zero-order valence-electron chi connectivity index (χ0n) is 15.8. The Morgan fingerprint density at radius 3 is 2.55 bits per heavy atom. The second kappa shape index (κ2) is 10.3. The van der Waals surface area contributed by atoms with Crippen molar-refractivity contribution in [3.63, 3.8) is 0 Å². The molecule has 31 heavy (non-hydrogen) atoms. The van der Waals surface area contributed by atoms with Gasteiger partial charge in [0.2, 0.25) is 0 Å². The summed E-state index contributed by atoms with van der Waals surface area (Å²) < 4.78 is 0. The SMILES string of the molecule is O=C(NN=Cc1ccc(Cl)c([N+](=O)[O-])c1)/C(=C/c1cccs1)NC(=O)c1ccccc1. The van der Waals surface area contributed by atoms with Gasteiger partial charge in [0.15, 0.2) is 0 Å². The molecule has 8 nitrogen and oxygen atoms in total. The molecule has 0 atom stereocenters. The van der Waals surface area contributed by atoms with Crippen molar-refractivity contribution < 1.29 is 14.5 Å². The van der Waals surface area contributed by atoms with Gasteiger partial charge in [-0.25, -0.2) is 5.43 Å². The number of rotatable bonds is 7. The lowest BCUT2D eigenvalue weighted by Crippen LogP contribution is -2.32. The maximum absolute atomic E-state index is 12.6. The quantitative estimate of drug-likeness (QED) is 0.240. The van der Waals surface area contributed by atoms with Gasteiger partial charge in [0, 0.05) is 22.1 Å². The van der Waals surface area contributed by atoms with Crippen molar-refractivity contribution in [1.82, 2.24) is 10.7 Å². The van der Waals surface area contributed by atoms with Crippen molar-refractivity contribution in [3.8, 4) is 0 Å². The molecule has 0 bridgehead atoms. The zero-order valence-corrected chi connectivity index (χ0v) is 17.4. The Bertz CT molecular complexity index is 1160. The normalized spacial score (nSPS) is 11.3. The van der Waals surface area contributed by atoms with E-state index in [-0.39, 0.29) is 16.4 Å². The van der Waals surface area contributed by atoms with Gasteiger partial charge in [0.05, 0.1) is 11.1 Å². The molecule has 0 fully saturated rings. The summed E-state index contributed by atoms with van der Waals surface area (Å²) in [6.45, 7) is 0. The molecule has 0 saturated carbocycles. The van der Waals surface area contributed by atoms with Crippen LogP contribution in [0.25, 0.3) is 6.08 Å². The van der Waals surface area contributed by atoms with Crippen LogP contribution < -0.4 is 10.7 Å². The van der Waals surface area contributed by atoms with E-state index in [1.165, 1.54) is 41.8 Å². The number of halogens is 1. The first-order valence-electron chi connectivity index (χ1n) is 8.83. The minimum Gasteiger partial charge on any atom is -0.317 e. The molecule has 0 radical (unpaired) electrons. The highest BCUT2D eigenvalue weighted by Crippen LogP contribution is 2.24. The van der Waals surface area contributed by atoms with Crippen LogP contribution in [0.1, 0.15) is 20.8 Å². The number of nitro benzene ring substituents is 1. The number of amides is 2. The fraction of sp³-hybridized carbons (Fsp3) is 0. The molecular formula is C21H15ClN4O4S. The summed E-state index contributed by atoms with van der Waals surface area (Å²) >= 11 is 7.18. The fourth-order valence-corrected chi connectivity index (χ4v) is 3.28. The minimum atomic E-state index is -0.655. The van der Waals surface area contributed by atoms with Crippen molar-refractivity contribution in [2.75, 3.05) is 0 Å². The average molecular weight is 455 g/mol. The van der Waals surface area contributed by atoms with Crippen molar-refractivity contribution in [2.45, 2.75) is 0 Å². The Morgan fingerprint density at radius 1 is 1.10 bits per heavy atom. The van der Waals surface area contributed by atoms with Crippen LogP contribution in [0.15, 0.2) is 76.8 Å². The van der Waals surface area contributed by atoms with Crippen LogP contribution in [0.2, 0.25) is 5.02 Å². The second-order valence-corrected chi connectivity index (χ2v) is 7.45. The van der Waals surface area contributed by atoms with Gasteiger partial charge in [-0.1, -0.05) is 41.9 Å². The van der Waals surface area contributed by atoms with Crippen LogP contribution >= 0.6 is 22.9 Å². The topological polar surface area (TPSA) is 114 Å². The fourth-order valence-electron chi connectivity index (χ4n) is 2.43. The second-order valence-electron chi connectivity index (χ2n) is 6.06. The summed E-state index contributed by atoms with van der Waals surface area (Å²) in [5, 5.41) is 19.2. The van der Waals surface area contributed by atoms with Crippen LogP contribution in [0.3, 0.4) is 0 Å². The van der Waals surface area contributed by atoms with Crippen LogP contribution in [0, 0.1) is 10.1 Å². The van der Waals surface area contributed by atoms with E-state index in [1.807, 2.05) is 11.4 Å². The number of nitrogens with one attached hydrogen (secondary N) is 2. The first-order valence-corrected chi connectivity index (χ1v) is 10.1. The smallest absolute Gasteiger partial charge is 0.288 e. The van der Waals surface area contributed by atoms with E-state index < -0.39 is 16.7 Å². The molecule has 10 heteroatoms. The Balaban J connectivity index is 1.76. The van der Waals surface area contributed by atoms with Crippen LogP contribution in [-0.4, -0.2) is 23.0 Å². The highest BCUT2D eigenvalue weighted by Gasteiger charge is 2.15. The number of hydrazone groups is 1. The molecule has 0 aliphatic rings. The Morgan fingerprint density at radius 2 is 1.87 bits per heavy atom. The molecule has 1 aromatic heterocycles. The molecule has 2 amide bonds. The van der Waals surface area contributed by atoms with E-state index in [1.54, 1.807) is 36.4 Å². The predicted octanol–water partition coefficient (Wildman–Crippen LogP) is 4.23. The van der Waals surface area contributed by atoms with Gasteiger partial charge in [0.25, 0.3) is 17.5 Å². The van der Waals surface area contributed by atoms with Crippen molar-refractivity contribution in [1.29, 1.82) is 0 Å². The number of thiophene rings is 1. The molecule has 3 aromatic rings. The standard InChI is InChI=1S/C21H15ClN4O4S/c22-17-9-8-14(11-19(17)26(29)30)13-23-25-21(28)18(12-16-7-4-10-31-16)24-20(27)15-5-2-1-3-6-15/h1-13H,(H,24,27)(H,25,28)/b18-12-,23-13?. The number of nitrogens with zero attached hydrogens (tertiary/aromatic N) is 2. The van der Waals surface area contributed by atoms with Crippen LogP contribution in [-0.2, 0) is 4.79 Å². The van der Waals surface area contributed by atoms with Gasteiger partial charge in [0.1, 0.15) is 10.7 Å². The largest absolute Gasteiger partial charge is 0.317 e. The monoisotopic (exact) mass is 454 g/mol. The van der Waals surface area contributed by atoms with E-state index in [4.69, 9.17) is 11.6 Å². The summed E-state index contributed by atoms with van der Waals surface area (Å²) in [4.78, 5) is 36.2. The molecule has 0 aliphatic carbocycles. The summed E-state index contributed by atoms with van der Waals surface area (Å²) in [7, 11) is 0. The van der Waals surface area contributed by atoms with Gasteiger partial charge in [-0.2, -0.15) is 5.10 Å². The van der Waals surface area contributed by atoms with E-state index in [0.717, 1.165) is 4.88 Å². The van der Waals surface area contributed by atoms with Crippen molar-refractivity contribution in [2.24, 2.45) is 5.10 Å². The third-order valence-corrected chi connectivity index (χ3v) is 5.04. The van der Waals surface area contributed by atoms with Crippen molar-refractivity contribution >= 4 is 52.7 Å². The molecule has 0 unspecified atom stereocenters. The minimum absolute atomic E-state index is 0.00372. The van der Waals surface area contributed by atoms with E-state index >= 15 is 0 Å². The molecule has 156 valence electrons. The van der Waals surface area contributed by atoms with Crippen LogP contribution in [0.4, 0.5) is 5.69 Å². The summed E-state index contributed by atoms with van der Waals surface area (Å²) in [6, 6.07) is 16.2. The molecule has 3 rings (SSSR count). The number of hydrogen-bond donors (Lipinski definition) is 2. The molecule has 0 saturated heterocycles. The maximum Gasteiger partial charge on any atom is 0.288 e. The summed E-state index contributed by atoms with van der Waals surface area (Å²) in [6.07, 6.45) is 2.77. The van der Waals surface area contributed by atoms with Crippen molar-refractivity contribution in [3.05, 3.63) is 103 Å². The molecule has 0 aliphatic heterocycles. The zero-order chi connectivity index (χ0) is 22.2. The lowest BCUT2D eigenvalue weighted by molar-refractivity contribution is -0.384. The van der Waals surface area contributed by atoms with Gasteiger partial charge in [-0.05, 0) is 35.7 Å². The molecule has 0 spiro atoms. The number of nitro groups is 1. The van der Waals surface area contributed by atoms with Gasteiger partial charge < -0.3 is 5.32 Å². The van der Waals surface area contributed by atoms with Gasteiger partial charge in [-0.3, -0.25) is 19.7 Å². The Hall–Kier alpha value is -3.82. The maximum atomic E-state index is 12.6. The first kappa shape index (κ1) is 21.9. The molecule has 1 heterocycles. The first-order chi connectivity index (χ1) is 14.9. The number of hydrogen-bond acceptors (Lipinski definition) is 6. The lowest BCUT2D eigenvalue weighted by atomic mass is 10.2. The highest BCUT2D eigenvalue weighted by atomic mass is 35.5. The number of carbonyl (C=O) groups is 2. The van der Waals surface area contributed by atoms with Crippen LogP contribution in [0.5, 0.6) is 0 Å². The van der Waals surface area contributed by atoms with Gasteiger partial charge in [-0.15, -0.1) is 11.3 Å². The third kappa shape index (κ3) is 6.08. The van der Waals surface area contributed by atoms with E-state index in [0.29, 0.717) is 11.1 Å². The molecular weight excluding hydrogens is 440 g/mol. The molecule has 2 N–H and O–H groups in total. The lowest BCUT2D eigenvalue weighted by Gasteiger charge is -2.08. The number of carbonyl (C=O) groups excluding carboxylic acids is 2. The number of benzene rings is 2. The Kier molecular flexibility index (Phi) is 7.26. The third-order valence-electron chi connectivity index (χ3n) is 3.91. The predicted molar refractivity (Wildman–Crippen MR) is 120 cm³/mol. The van der Waals surface area contributed by atoms with E-state index in [2.05, 4.69) is 15.8 Å². The highest BCUT2D eigenvalue weighted by molar-refractivity contribution is 7.10. The average Bonchev–Trinajstić information content (AvgIpc) is 3.28. The summed E-state index contributed by atoms with van der Waals surface area (Å²) in [5.74, 6) is -1.10. The molecule has 2 aromatic carbocycles. The summed E-state index contributed by atoms with van der Waals surface area (Å²) in [5.41, 5.74) is 2.80. The van der Waals surface area contributed by atoms with Gasteiger partial charge >= 0.3 is 0 Å².